The second kappa shape index (κ2) is 6.97. The van der Waals surface area contributed by atoms with Gasteiger partial charge in [-0.1, -0.05) is 32.9 Å². The van der Waals surface area contributed by atoms with Crippen LogP contribution in [0.15, 0.2) is 45.6 Å². The molecule has 1 aromatic heterocycles. The number of carboxylic acid groups (broad SMARTS) is 1. The molecular weight excluding hydrogens is 360 g/mol. The maximum atomic E-state index is 12.5. The number of carboxylic acids is 1. The summed E-state index contributed by atoms with van der Waals surface area (Å²) >= 11 is 1.01. The zero-order chi connectivity index (χ0) is 18.8. The molecule has 134 valence electrons. The first-order valence-corrected chi connectivity index (χ1v) is 10.0. The summed E-state index contributed by atoms with van der Waals surface area (Å²) in [4.78, 5) is 15.2. The lowest BCUT2D eigenvalue weighted by molar-refractivity contribution is 0.0703. The molecule has 0 aliphatic rings. The number of aromatic carboxylic acids is 1. The van der Waals surface area contributed by atoms with Crippen molar-refractivity contribution in [2.75, 3.05) is 5.75 Å². The first-order chi connectivity index (χ1) is 11.5. The third kappa shape index (κ3) is 4.67. The van der Waals surface area contributed by atoms with Gasteiger partial charge in [0.2, 0.25) is 0 Å². The maximum absolute atomic E-state index is 12.5. The smallest absolute Gasteiger partial charge is 0.348 e. The summed E-state index contributed by atoms with van der Waals surface area (Å²) in [6.07, 6.45) is 0. The second-order valence-corrected chi connectivity index (χ2v) is 9.48. The lowest BCUT2D eigenvalue weighted by atomic mass is 9.87. The number of hydrogen-bond donors (Lipinski definition) is 2. The maximum Gasteiger partial charge on any atom is 0.348 e. The van der Waals surface area contributed by atoms with Crippen molar-refractivity contribution in [2.45, 2.75) is 31.1 Å². The van der Waals surface area contributed by atoms with Gasteiger partial charge in [0, 0.05) is 0 Å². The predicted molar refractivity (Wildman–Crippen MR) is 99.8 cm³/mol. The van der Waals surface area contributed by atoms with Crippen molar-refractivity contribution in [2.24, 2.45) is 10.7 Å². The van der Waals surface area contributed by atoms with Crippen LogP contribution in [0, 0.1) is 0 Å². The highest BCUT2D eigenvalue weighted by Crippen LogP contribution is 2.26. The number of hydrogen-bond acceptors (Lipinski definition) is 5. The van der Waals surface area contributed by atoms with E-state index < -0.39 is 21.6 Å². The zero-order valence-corrected chi connectivity index (χ0v) is 15.8. The minimum Gasteiger partial charge on any atom is -0.477 e. The molecule has 0 amide bonds. The van der Waals surface area contributed by atoms with E-state index in [9.17, 15) is 13.2 Å². The Balaban J connectivity index is 2.24. The standard InChI is InChI=1S/C17H20N2O4S2/c1-17(2,3)11-4-6-12(7-5-11)25(22,23)10-14(18)19-13-8-9-24-15(13)16(20)21/h4-9H,10H2,1-3H3,(H2,18,19)(H,20,21). The Morgan fingerprint density at radius 1 is 1.20 bits per heavy atom. The largest absolute Gasteiger partial charge is 0.477 e. The van der Waals surface area contributed by atoms with Crippen LogP contribution in [0.4, 0.5) is 5.69 Å². The highest BCUT2D eigenvalue weighted by Gasteiger charge is 2.20. The van der Waals surface area contributed by atoms with Gasteiger partial charge in [-0.15, -0.1) is 11.3 Å². The van der Waals surface area contributed by atoms with Crippen LogP contribution in [-0.4, -0.2) is 31.1 Å². The van der Waals surface area contributed by atoms with Crippen LogP contribution in [-0.2, 0) is 15.3 Å². The van der Waals surface area contributed by atoms with Gasteiger partial charge in [-0.25, -0.2) is 18.2 Å². The van der Waals surface area contributed by atoms with Crippen molar-refractivity contribution in [1.82, 2.24) is 0 Å². The fourth-order valence-electron chi connectivity index (χ4n) is 2.18. The lowest BCUT2D eigenvalue weighted by Crippen LogP contribution is -2.24. The molecule has 0 fully saturated rings. The number of aliphatic imine (C=N–C) groups is 1. The summed E-state index contributed by atoms with van der Waals surface area (Å²) in [5, 5.41) is 10.6. The Labute approximate surface area is 150 Å². The highest BCUT2D eigenvalue weighted by molar-refractivity contribution is 7.92. The van der Waals surface area contributed by atoms with Crippen LogP contribution in [0.5, 0.6) is 0 Å². The number of amidine groups is 1. The molecule has 0 radical (unpaired) electrons. The summed E-state index contributed by atoms with van der Waals surface area (Å²) in [7, 11) is -3.66. The fraction of sp³-hybridized carbons (Fsp3) is 0.294. The molecular formula is C17H20N2O4S2. The molecule has 1 aromatic carbocycles. The van der Waals surface area contributed by atoms with Crippen LogP contribution < -0.4 is 5.73 Å². The molecule has 0 aliphatic heterocycles. The minimum absolute atomic E-state index is 0.0230. The Hall–Kier alpha value is -2.19. The summed E-state index contributed by atoms with van der Waals surface area (Å²) < 4.78 is 25.0. The van der Waals surface area contributed by atoms with Crippen LogP contribution in [0.2, 0.25) is 0 Å². The number of rotatable bonds is 5. The van der Waals surface area contributed by atoms with Crippen molar-refractivity contribution in [3.8, 4) is 0 Å². The Morgan fingerprint density at radius 3 is 2.32 bits per heavy atom. The first-order valence-electron chi connectivity index (χ1n) is 7.48. The molecule has 2 aromatic rings. The topological polar surface area (TPSA) is 110 Å². The lowest BCUT2D eigenvalue weighted by Gasteiger charge is -2.19. The Kier molecular flexibility index (Phi) is 5.34. The summed E-state index contributed by atoms with van der Waals surface area (Å²) in [6, 6.07) is 8.15. The van der Waals surface area contributed by atoms with Gasteiger partial charge in [0.1, 0.15) is 16.5 Å². The van der Waals surface area contributed by atoms with Crippen LogP contribution in [0.1, 0.15) is 36.0 Å². The quantitative estimate of drug-likeness (QED) is 0.611. The summed E-state index contributed by atoms with van der Waals surface area (Å²) in [5.74, 6) is -1.75. The predicted octanol–water partition coefficient (Wildman–Crippen LogP) is 3.21. The van der Waals surface area contributed by atoms with E-state index in [1.165, 1.54) is 6.07 Å². The van der Waals surface area contributed by atoms with Crippen LogP contribution >= 0.6 is 11.3 Å². The van der Waals surface area contributed by atoms with Crippen LogP contribution in [0.3, 0.4) is 0 Å². The molecule has 2 rings (SSSR count). The van der Waals surface area contributed by atoms with E-state index in [0.717, 1.165) is 16.9 Å². The molecule has 0 saturated carbocycles. The molecule has 3 N–H and O–H groups in total. The van der Waals surface area contributed by atoms with E-state index in [1.54, 1.807) is 29.6 Å². The Morgan fingerprint density at radius 2 is 1.80 bits per heavy atom. The van der Waals surface area contributed by atoms with E-state index in [1.807, 2.05) is 20.8 Å². The molecule has 0 spiro atoms. The number of sulfone groups is 1. The van der Waals surface area contributed by atoms with Crippen molar-refractivity contribution in [3.05, 3.63) is 46.2 Å². The van der Waals surface area contributed by atoms with Gasteiger partial charge in [-0.3, -0.25) is 0 Å². The SMILES string of the molecule is CC(C)(C)c1ccc(S(=O)(=O)CC(N)=Nc2ccsc2C(=O)O)cc1. The molecule has 0 saturated heterocycles. The number of benzene rings is 1. The van der Waals surface area contributed by atoms with Crippen molar-refractivity contribution in [3.63, 3.8) is 0 Å². The normalized spacial score (nSPS) is 13.0. The molecule has 6 nitrogen and oxygen atoms in total. The van der Waals surface area contributed by atoms with Crippen molar-refractivity contribution < 1.29 is 18.3 Å². The van der Waals surface area contributed by atoms with Gasteiger partial charge < -0.3 is 10.8 Å². The number of carbonyl (C=O) groups is 1. The van der Waals surface area contributed by atoms with Gasteiger partial charge in [-0.05, 0) is 34.6 Å². The molecule has 0 aliphatic carbocycles. The first kappa shape index (κ1) is 19.1. The van der Waals surface area contributed by atoms with E-state index in [2.05, 4.69) is 4.99 Å². The fourth-order valence-corrected chi connectivity index (χ4v) is 4.02. The average molecular weight is 380 g/mol. The molecule has 25 heavy (non-hydrogen) atoms. The molecule has 0 atom stereocenters. The Bertz CT molecular complexity index is 905. The highest BCUT2D eigenvalue weighted by atomic mass is 32.2. The molecule has 8 heteroatoms. The summed E-state index contributed by atoms with van der Waals surface area (Å²) in [5.41, 5.74) is 6.85. The number of thiophene rings is 1. The van der Waals surface area contributed by atoms with Gasteiger partial charge in [-0.2, -0.15) is 0 Å². The minimum atomic E-state index is -3.66. The number of nitrogens with zero attached hydrogens (tertiary/aromatic N) is 1. The van der Waals surface area contributed by atoms with E-state index in [4.69, 9.17) is 10.8 Å². The van der Waals surface area contributed by atoms with Crippen LogP contribution in [0.25, 0.3) is 0 Å². The van der Waals surface area contributed by atoms with E-state index in [0.29, 0.717) is 0 Å². The van der Waals surface area contributed by atoms with Crippen molar-refractivity contribution in [1.29, 1.82) is 0 Å². The summed E-state index contributed by atoms with van der Waals surface area (Å²) in [6.45, 7) is 6.13. The molecule has 1 heterocycles. The van der Waals surface area contributed by atoms with Gasteiger partial charge in [0.15, 0.2) is 9.84 Å². The third-order valence-corrected chi connectivity index (χ3v) is 6.08. The van der Waals surface area contributed by atoms with Crippen molar-refractivity contribution >= 4 is 38.7 Å². The average Bonchev–Trinajstić information content (AvgIpc) is 2.94. The monoisotopic (exact) mass is 380 g/mol. The van der Waals surface area contributed by atoms with Gasteiger partial charge in [0.25, 0.3) is 0 Å². The number of nitrogens with two attached hydrogens (primary N) is 1. The zero-order valence-electron chi connectivity index (χ0n) is 14.2. The molecule has 0 unspecified atom stereocenters. The molecule has 0 bridgehead atoms. The third-order valence-electron chi connectivity index (χ3n) is 3.52. The van der Waals surface area contributed by atoms with Gasteiger partial charge in [0.05, 0.1) is 10.6 Å². The van der Waals surface area contributed by atoms with E-state index >= 15 is 0 Å². The second-order valence-electron chi connectivity index (χ2n) is 6.58. The van der Waals surface area contributed by atoms with E-state index in [-0.39, 0.29) is 26.7 Å². The van der Waals surface area contributed by atoms with Gasteiger partial charge >= 0.3 is 5.97 Å².